The van der Waals surface area contributed by atoms with E-state index in [-0.39, 0.29) is 0 Å². The van der Waals surface area contributed by atoms with Crippen molar-refractivity contribution in [1.82, 2.24) is 5.32 Å². The van der Waals surface area contributed by atoms with Gasteiger partial charge >= 0.3 is 0 Å². The molecule has 0 aromatic heterocycles. The summed E-state index contributed by atoms with van der Waals surface area (Å²) >= 11 is 0. The molecule has 2 aliphatic heterocycles. The van der Waals surface area contributed by atoms with Gasteiger partial charge in [-0.2, -0.15) is 0 Å². The van der Waals surface area contributed by atoms with E-state index in [0.29, 0.717) is 0 Å². The number of hydrogen-bond donors (Lipinski definition) is 1. The molecule has 0 amide bonds. The van der Waals surface area contributed by atoms with Gasteiger partial charge in [0, 0.05) is 13.2 Å². The number of nitrogens with one attached hydrogen (secondary N) is 1. The average molecular weight is 244 g/mol. The molecule has 2 heterocycles. The minimum atomic E-state index is 0.828. The lowest BCUT2D eigenvalue weighted by atomic mass is 9.91. The third kappa shape index (κ3) is 2.36. The molecule has 3 rings (SSSR count). The van der Waals surface area contributed by atoms with E-state index < -0.39 is 0 Å². The van der Waals surface area contributed by atoms with Crippen molar-refractivity contribution in [1.29, 1.82) is 0 Å². The first kappa shape index (κ1) is 11.6. The van der Waals surface area contributed by atoms with E-state index in [4.69, 9.17) is 4.74 Å². The van der Waals surface area contributed by atoms with Gasteiger partial charge in [0.1, 0.15) is 12.0 Å². The molecule has 1 fully saturated rings. The van der Waals surface area contributed by atoms with Gasteiger partial charge in [-0.15, -0.1) is 0 Å². The molecule has 0 atom stereocenters. The second kappa shape index (κ2) is 5.02. The number of nitrogens with zero attached hydrogens (tertiary/aromatic N) is 1. The number of anilines is 1. The van der Waals surface area contributed by atoms with E-state index in [9.17, 15) is 0 Å². The SMILES string of the molecule is CN1C=COc2ccc(CC3CCNCC3)cc21. The van der Waals surface area contributed by atoms with E-state index in [1.165, 1.54) is 43.6 Å². The predicted molar refractivity (Wildman–Crippen MR) is 73.9 cm³/mol. The molecule has 0 saturated carbocycles. The predicted octanol–water partition coefficient (Wildman–Crippen LogP) is 2.53. The Morgan fingerprint density at radius 1 is 1.33 bits per heavy atom. The Morgan fingerprint density at radius 2 is 2.17 bits per heavy atom. The second-order valence-corrected chi connectivity index (χ2v) is 5.21. The minimum Gasteiger partial charge on any atom is -0.461 e. The van der Waals surface area contributed by atoms with E-state index >= 15 is 0 Å². The molecule has 0 spiro atoms. The zero-order valence-electron chi connectivity index (χ0n) is 10.9. The quantitative estimate of drug-likeness (QED) is 0.865. The van der Waals surface area contributed by atoms with Crippen LogP contribution in [0.25, 0.3) is 0 Å². The fourth-order valence-corrected chi connectivity index (χ4v) is 2.76. The van der Waals surface area contributed by atoms with Gasteiger partial charge in [-0.05, 0) is 56.0 Å². The summed E-state index contributed by atoms with van der Waals surface area (Å²) in [6.07, 6.45) is 7.46. The molecule has 0 bridgehead atoms. The van der Waals surface area contributed by atoms with Crippen LogP contribution in [0.4, 0.5) is 5.69 Å². The monoisotopic (exact) mass is 244 g/mol. The van der Waals surface area contributed by atoms with Crippen molar-refractivity contribution in [3.63, 3.8) is 0 Å². The molecule has 18 heavy (non-hydrogen) atoms. The number of fused-ring (bicyclic) bond motifs is 1. The minimum absolute atomic E-state index is 0.828. The maximum atomic E-state index is 5.51. The Hall–Kier alpha value is -1.48. The molecule has 3 nitrogen and oxygen atoms in total. The molecule has 1 saturated heterocycles. The van der Waals surface area contributed by atoms with Gasteiger partial charge in [-0.25, -0.2) is 0 Å². The largest absolute Gasteiger partial charge is 0.461 e. The van der Waals surface area contributed by atoms with Crippen LogP contribution >= 0.6 is 0 Å². The van der Waals surface area contributed by atoms with Gasteiger partial charge in [-0.3, -0.25) is 0 Å². The lowest BCUT2D eigenvalue weighted by Crippen LogP contribution is -2.28. The standard InChI is InChI=1S/C15H20N2O/c1-17-8-9-18-15-3-2-13(11-14(15)17)10-12-4-6-16-7-5-12/h2-3,8-9,11-12,16H,4-7,10H2,1H3. The fraction of sp³-hybridized carbons (Fsp3) is 0.467. The Morgan fingerprint density at radius 3 is 3.00 bits per heavy atom. The Labute approximate surface area is 108 Å². The topological polar surface area (TPSA) is 24.5 Å². The number of hydrogen-bond acceptors (Lipinski definition) is 3. The van der Waals surface area contributed by atoms with Crippen LogP contribution in [0, 0.1) is 5.92 Å². The molecule has 0 aliphatic carbocycles. The lowest BCUT2D eigenvalue weighted by Gasteiger charge is -2.25. The van der Waals surface area contributed by atoms with Crippen LogP contribution in [-0.2, 0) is 6.42 Å². The summed E-state index contributed by atoms with van der Waals surface area (Å²) in [5.41, 5.74) is 2.59. The summed E-state index contributed by atoms with van der Waals surface area (Å²) in [5.74, 6) is 1.78. The fourth-order valence-electron chi connectivity index (χ4n) is 2.76. The normalized spacial score (nSPS) is 19.5. The summed E-state index contributed by atoms with van der Waals surface area (Å²) in [6.45, 7) is 2.34. The van der Waals surface area contributed by atoms with Crippen LogP contribution in [0.3, 0.4) is 0 Å². The average Bonchev–Trinajstić information content (AvgIpc) is 2.41. The van der Waals surface area contributed by atoms with Crippen molar-refractivity contribution in [2.45, 2.75) is 19.3 Å². The molecule has 1 aromatic rings. The first-order chi connectivity index (χ1) is 8.83. The zero-order chi connectivity index (χ0) is 12.4. The lowest BCUT2D eigenvalue weighted by molar-refractivity contribution is 0.372. The second-order valence-electron chi connectivity index (χ2n) is 5.21. The highest BCUT2D eigenvalue weighted by atomic mass is 16.5. The van der Waals surface area contributed by atoms with Crippen molar-refractivity contribution in [2.75, 3.05) is 25.0 Å². The summed E-state index contributed by atoms with van der Waals surface area (Å²) in [4.78, 5) is 2.12. The number of ether oxygens (including phenoxy) is 1. The molecule has 0 unspecified atom stereocenters. The highest BCUT2D eigenvalue weighted by Gasteiger charge is 2.16. The van der Waals surface area contributed by atoms with Crippen LogP contribution in [-0.4, -0.2) is 20.1 Å². The summed E-state index contributed by atoms with van der Waals surface area (Å²) in [5, 5.41) is 3.42. The van der Waals surface area contributed by atoms with E-state index in [1.54, 1.807) is 6.26 Å². The Balaban J connectivity index is 1.75. The molecular weight excluding hydrogens is 224 g/mol. The highest BCUT2D eigenvalue weighted by Crippen LogP contribution is 2.33. The molecule has 1 N–H and O–H groups in total. The van der Waals surface area contributed by atoms with E-state index in [1.807, 2.05) is 6.20 Å². The van der Waals surface area contributed by atoms with Crippen molar-refractivity contribution >= 4 is 5.69 Å². The van der Waals surface area contributed by atoms with Crippen molar-refractivity contribution in [2.24, 2.45) is 5.92 Å². The van der Waals surface area contributed by atoms with E-state index in [0.717, 1.165) is 11.7 Å². The molecule has 2 aliphatic rings. The third-order valence-corrected chi connectivity index (χ3v) is 3.87. The molecule has 0 radical (unpaired) electrons. The van der Waals surface area contributed by atoms with Gasteiger partial charge in [0.2, 0.25) is 0 Å². The zero-order valence-corrected chi connectivity index (χ0v) is 10.9. The Kier molecular flexibility index (Phi) is 3.24. The van der Waals surface area contributed by atoms with Crippen LogP contribution < -0.4 is 15.0 Å². The first-order valence-electron chi connectivity index (χ1n) is 6.73. The van der Waals surface area contributed by atoms with Crippen LogP contribution in [0.1, 0.15) is 18.4 Å². The summed E-state index contributed by atoms with van der Waals surface area (Å²) < 4.78 is 5.51. The van der Waals surface area contributed by atoms with Crippen molar-refractivity contribution < 1.29 is 4.74 Å². The highest BCUT2D eigenvalue weighted by molar-refractivity contribution is 5.63. The number of benzene rings is 1. The molecular formula is C15H20N2O. The van der Waals surface area contributed by atoms with Gasteiger partial charge in [0.15, 0.2) is 0 Å². The molecule has 1 aromatic carbocycles. The summed E-state index contributed by atoms with van der Waals surface area (Å²) in [7, 11) is 2.06. The van der Waals surface area contributed by atoms with Gasteiger partial charge < -0.3 is 15.0 Å². The van der Waals surface area contributed by atoms with E-state index in [2.05, 4.69) is 35.5 Å². The smallest absolute Gasteiger partial charge is 0.150 e. The first-order valence-corrected chi connectivity index (χ1v) is 6.73. The van der Waals surface area contributed by atoms with Crippen LogP contribution in [0.2, 0.25) is 0 Å². The van der Waals surface area contributed by atoms with Crippen LogP contribution in [0.5, 0.6) is 5.75 Å². The molecule has 3 heteroatoms. The molecule has 96 valence electrons. The Bertz CT molecular complexity index is 450. The van der Waals surface area contributed by atoms with Crippen LogP contribution in [0.15, 0.2) is 30.7 Å². The third-order valence-electron chi connectivity index (χ3n) is 3.87. The van der Waals surface area contributed by atoms with Gasteiger partial charge in [0.25, 0.3) is 0 Å². The number of rotatable bonds is 2. The van der Waals surface area contributed by atoms with Gasteiger partial charge in [0.05, 0.1) is 5.69 Å². The summed E-state index contributed by atoms with van der Waals surface area (Å²) in [6, 6.07) is 6.56. The van der Waals surface area contributed by atoms with Gasteiger partial charge in [-0.1, -0.05) is 6.07 Å². The van der Waals surface area contributed by atoms with Crippen molar-refractivity contribution in [3.8, 4) is 5.75 Å². The van der Waals surface area contributed by atoms with Crippen molar-refractivity contribution in [3.05, 3.63) is 36.2 Å². The maximum absolute atomic E-state index is 5.51. The maximum Gasteiger partial charge on any atom is 0.150 e. The number of piperidine rings is 1.